The monoisotopic (exact) mass is 214 g/mol. The van der Waals surface area contributed by atoms with Gasteiger partial charge in [0.05, 0.1) is 0 Å². The molecule has 0 spiro atoms. The third kappa shape index (κ3) is 9.10. The predicted octanol–water partition coefficient (Wildman–Crippen LogP) is 0.641. The molecule has 0 heterocycles. The molecule has 0 saturated heterocycles. The van der Waals surface area contributed by atoms with Gasteiger partial charge in [-0.25, -0.2) is 0 Å². The largest absolute Gasteiger partial charge is 0 e. The standard InChI is InChI=1S/Cu.Mn.S.Zn. The van der Waals surface area contributed by atoms with E-state index in [0.717, 1.165) is 0 Å². The van der Waals surface area contributed by atoms with Gasteiger partial charge in [0.1, 0.15) is 0 Å². The molecule has 0 rings (SSSR count). The molecule has 1 radical (unpaired) electrons. The molecule has 4 heteroatoms. The Balaban J connectivity index is -0.00000000500. The minimum atomic E-state index is 0. The summed E-state index contributed by atoms with van der Waals surface area (Å²) in [4.78, 5) is 0. The van der Waals surface area contributed by atoms with Gasteiger partial charge in [0.25, 0.3) is 0 Å². The van der Waals surface area contributed by atoms with E-state index in [1.54, 1.807) is 0 Å². The molecule has 0 aliphatic heterocycles. The fraction of sp³-hybridized carbons (Fsp3) is 0. The van der Waals surface area contributed by atoms with E-state index in [1.807, 2.05) is 0 Å². The Bertz CT molecular complexity index is 8.00. The Morgan fingerprint density at radius 3 is 1.25 bits per heavy atom. The SMILES string of the molecule is [Mn].[S]=[Cu].[Zn]. The van der Waals surface area contributed by atoms with Crippen LogP contribution >= 0.6 is 10.6 Å². The van der Waals surface area contributed by atoms with Gasteiger partial charge in [-0.1, -0.05) is 0 Å². The van der Waals surface area contributed by atoms with Crippen LogP contribution in [-0.4, -0.2) is 0 Å². The fourth-order valence-electron chi connectivity index (χ4n) is 0. The van der Waals surface area contributed by atoms with E-state index in [1.165, 1.54) is 0 Å². The molecule has 0 nitrogen and oxygen atoms in total. The van der Waals surface area contributed by atoms with E-state index in [4.69, 9.17) is 0 Å². The smallest absolute Gasteiger partial charge is 0 e. The van der Waals surface area contributed by atoms with E-state index in [-0.39, 0.29) is 36.5 Å². The van der Waals surface area contributed by atoms with Crippen LogP contribution in [0.3, 0.4) is 0 Å². The molecule has 0 bridgehead atoms. The van der Waals surface area contributed by atoms with Crippen molar-refractivity contribution in [1.29, 1.82) is 0 Å². The van der Waals surface area contributed by atoms with Gasteiger partial charge in [-0.05, 0) is 0 Å². The fourth-order valence-corrected chi connectivity index (χ4v) is 0. The van der Waals surface area contributed by atoms with Crippen molar-refractivity contribution in [2.45, 2.75) is 0 Å². The Morgan fingerprint density at radius 2 is 1.25 bits per heavy atom. The first kappa shape index (κ1) is 16.9. The maximum Gasteiger partial charge on any atom is 0 e. The zero-order valence-electron chi connectivity index (χ0n) is 1.79. The second-order valence-corrected chi connectivity index (χ2v) is 0. The topological polar surface area (TPSA) is 0 Å². The minimum absolute atomic E-state index is 0. The number of hydrogen-bond acceptors (Lipinski definition) is 1. The third-order valence-corrected chi connectivity index (χ3v) is 0. The Kier molecular flexibility index (Phi) is 87.6. The molecule has 0 fully saturated rings. The van der Waals surface area contributed by atoms with Crippen LogP contribution in [0.25, 0.3) is 0 Å². The number of rotatable bonds is 0. The summed E-state index contributed by atoms with van der Waals surface area (Å²) < 4.78 is 0. The van der Waals surface area contributed by atoms with Crippen LogP contribution in [0.4, 0.5) is 0 Å². The third-order valence-electron chi connectivity index (χ3n) is 0. The van der Waals surface area contributed by atoms with Gasteiger partial charge in [-0.15, -0.1) is 0 Å². The van der Waals surface area contributed by atoms with Gasteiger partial charge < -0.3 is 0 Å². The summed E-state index contributed by atoms with van der Waals surface area (Å²) in [6, 6.07) is 0. The van der Waals surface area contributed by atoms with Gasteiger partial charge in [-0.3, -0.25) is 0 Å². The molecular formula is CuMnSZn. The van der Waals surface area contributed by atoms with E-state index < -0.39 is 0 Å². The second kappa shape index (κ2) is 20.8. The molecule has 0 saturated carbocycles. The molecule has 0 aromatic rings. The van der Waals surface area contributed by atoms with Gasteiger partial charge in [0.15, 0.2) is 0 Å². The molecule has 0 amide bonds. The molecule has 0 aromatic heterocycles. The van der Waals surface area contributed by atoms with E-state index in [2.05, 4.69) is 24.9 Å². The molecule has 0 aliphatic carbocycles. The van der Waals surface area contributed by atoms with Crippen LogP contribution < -0.4 is 0 Å². The van der Waals surface area contributed by atoms with Crippen molar-refractivity contribution in [2.75, 3.05) is 0 Å². The van der Waals surface area contributed by atoms with Crippen molar-refractivity contribution in [3.63, 3.8) is 0 Å². The maximum atomic E-state index is 3.77. The quantitative estimate of drug-likeness (QED) is 0.535. The first-order valence-electron chi connectivity index (χ1n) is 0.123. The average molecular weight is 216 g/mol. The van der Waals surface area contributed by atoms with E-state index >= 15 is 0 Å². The van der Waals surface area contributed by atoms with Crippen LogP contribution in [0.1, 0.15) is 0 Å². The van der Waals surface area contributed by atoms with Gasteiger partial charge >= 0.3 is 24.9 Å². The van der Waals surface area contributed by atoms with Crippen molar-refractivity contribution in [3.8, 4) is 0 Å². The van der Waals surface area contributed by atoms with Crippen LogP contribution in [0.15, 0.2) is 0 Å². The first-order valence-corrected chi connectivity index (χ1v) is 1.52. The molecule has 0 aliphatic rings. The normalized spacial score (nSPS) is 1.50. The Labute approximate surface area is 61.0 Å². The summed E-state index contributed by atoms with van der Waals surface area (Å²) in [5.41, 5.74) is 0. The van der Waals surface area contributed by atoms with Crippen LogP contribution in [0.2, 0.25) is 0 Å². The summed E-state index contributed by atoms with van der Waals surface area (Å²) in [5, 5.41) is 0. The first-order chi connectivity index (χ1) is 1.00. The molecule has 26 valence electrons. The van der Waals surface area contributed by atoms with E-state index in [9.17, 15) is 0 Å². The Hall–Kier alpha value is 1.88. The summed E-state index contributed by atoms with van der Waals surface area (Å²) in [6.07, 6.45) is 0. The predicted molar refractivity (Wildman–Crippen MR) is 7.59 cm³/mol. The molecule has 0 N–H and O–H groups in total. The van der Waals surface area contributed by atoms with Gasteiger partial charge in [0, 0.05) is 36.5 Å². The minimum Gasteiger partial charge on any atom is 0 e. The van der Waals surface area contributed by atoms with Crippen LogP contribution in [0, 0.1) is 0 Å². The number of hydrogen-bond donors (Lipinski definition) is 0. The zero-order valence-corrected chi connectivity index (χ0v) is 7.70. The molecule has 0 atom stereocenters. The molecule has 0 unspecified atom stereocenters. The van der Waals surface area contributed by atoms with Crippen molar-refractivity contribution in [1.82, 2.24) is 0 Å². The van der Waals surface area contributed by atoms with E-state index in [0.29, 0.717) is 0 Å². The van der Waals surface area contributed by atoms with Gasteiger partial charge in [0.2, 0.25) is 0 Å². The zero-order chi connectivity index (χ0) is 2.00. The van der Waals surface area contributed by atoms with Crippen LogP contribution in [0.5, 0.6) is 0 Å². The van der Waals surface area contributed by atoms with Crippen molar-refractivity contribution < 1.29 is 50.9 Å². The summed E-state index contributed by atoms with van der Waals surface area (Å²) in [5.74, 6) is 0. The van der Waals surface area contributed by atoms with Gasteiger partial charge in [-0.2, -0.15) is 0 Å². The summed E-state index contributed by atoms with van der Waals surface area (Å²) >= 11 is 3.77. The van der Waals surface area contributed by atoms with Crippen molar-refractivity contribution in [3.05, 3.63) is 0 Å². The van der Waals surface area contributed by atoms with Crippen LogP contribution in [-0.2, 0) is 50.9 Å². The molecule has 0 aromatic carbocycles. The summed E-state index contributed by atoms with van der Waals surface area (Å²) in [7, 11) is 3.65. The summed E-state index contributed by atoms with van der Waals surface area (Å²) in [6.45, 7) is 0. The van der Waals surface area contributed by atoms with Crippen molar-refractivity contribution >= 4 is 10.6 Å². The molecular weight excluding hydrogens is 216 g/mol. The molecule has 4 heavy (non-hydrogen) atoms. The average Bonchev–Trinajstić information content (AvgIpc) is 1.00. The second-order valence-electron chi connectivity index (χ2n) is 0. The maximum absolute atomic E-state index is 3.77. The Morgan fingerprint density at radius 1 is 1.25 bits per heavy atom. The van der Waals surface area contributed by atoms with Crippen molar-refractivity contribution in [2.24, 2.45) is 0 Å².